The molecule has 3 heterocycles. The van der Waals surface area contributed by atoms with Crippen molar-refractivity contribution < 1.29 is 13.2 Å². The molecule has 3 rings (SSSR count). The molecule has 8 heteroatoms. The number of aryl methyl sites for hydroxylation is 1. The maximum absolute atomic E-state index is 12.7. The molecule has 0 saturated carbocycles. The molecule has 1 aromatic heterocycles. The highest BCUT2D eigenvalue weighted by Gasteiger charge is 2.30. The number of amides is 1. The van der Waals surface area contributed by atoms with E-state index in [-0.39, 0.29) is 5.91 Å². The predicted octanol–water partition coefficient (Wildman–Crippen LogP) is 1.77. The molecule has 0 unspecified atom stereocenters. The molecule has 6 nitrogen and oxygen atoms in total. The van der Waals surface area contributed by atoms with E-state index >= 15 is 0 Å². The topological polar surface area (TPSA) is 60.9 Å². The molecule has 1 amide bonds. The van der Waals surface area contributed by atoms with Crippen LogP contribution in [0.1, 0.15) is 30.6 Å². The number of carbonyl (C=O) groups is 1. The summed E-state index contributed by atoms with van der Waals surface area (Å²) < 4.78 is 27.3. The molecule has 0 bridgehead atoms. The second-order valence-corrected chi connectivity index (χ2v) is 10.3. The SMILES string of the molecule is Cc1ccc(S(=O)(=O)N2CCN(CC(=O)N3CCCCCC3)CC2)s1. The molecule has 0 N–H and O–H groups in total. The van der Waals surface area contributed by atoms with E-state index in [2.05, 4.69) is 4.90 Å². The Hall–Kier alpha value is -0.960. The van der Waals surface area contributed by atoms with E-state index in [1.54, 1.807) is 10.4 Å². The molecule has 0 aliphatic carbocycles. The highest BCUT2D eigenvalue weighted by atomic mass is 32.2. The van der Waals surface area contributed by atoms with Crippen LogP contribution in [0.25, 0.3) is 0 Å². The number of hydrogen-bond acceptors (Lipinski definition) is 5. The molecule has 1 aromatic rings. The van der Waals surface area contributed by atoms with Crippen LogP contribution in [-0.4, -0.2) is 74.2 Å². The standard InChI is InChI=1S/C17H27N3O3S2/c1-15-6-7-17(24-15)25(22,23)20-12-10-18(11-13-20)14-16(21)19-8-4-2-3-5-9-19/h6-7H,2-5,8-14H2,1H3. The highest BCUT2D eigenvalue weighted by molar-refractivity contribution is 7.91. The van der Waals surface area contributed by atoms with Gasteiger partial charge in [-0.1, -0.05) is 12.8 Å². The first kappa shape index (κ1) is 18.8. The van der Waals surface area contributed by atoms with Gasteiger partial charge in [0.05, 0.1) is 6.54 Å². The minimum absolute atomic E-state index is 0.187. The zero-order valence-corrected chi connectivity index (χ0v) is 16.4. The van der Waals surface area contributed by atoms with Crippen molar-refractivity contribution in [1.82, 2.24) is 14.1 Å². The van der Waals surface area contributed by atoms with Crippen LogP contribution in [0.3, 0.4) is 0 Å². The molecule has 2 fully saturated rings. The van der Waals surface area contributed by atoms with Gasteiger partial charge < -0.3 is 4.90 Å². The molecule has 140 valence electrons. The van der Waals surface area contributed by atoms with Crippen molar-refractivity contribution in [2.75, 3.05) is 45.8 Å². The van der Waals surface area contributed by atoms with Gasteiger partial charge in [-0.25, -0.2) is 8.42 Å². The van der Waals surface area contributed by atoms with E-state index in [0.29, 0.717) is 36.9 Å². The molecule has 0 radical (unpaired) electrons. The lowest BCUT2D eigenvalue weighted by Gasteiger charge is -2.34. The van der Waals surface area contributed by atoms with Gasteiger partial charge in [0, 0.05) is 44.1 Å². The Balaban J connectivity index is 1.52. The second-order valence-electron chi connectivity index (χ2n) is 6.84. The van der Waals surface area contributed by atoms with Crippen LogP contribution < -0.4 is 0 Å². The number of sulfonamides is 1. The lowest BCUT2D eigenvalue weighted by Crippen LogP contribution is -2.51. The summed E-state index contributed by atoms with van der Waals surface area (Å²) >= 11 is 1.32. The van der Waals surface area contributed by atoms with E-state index in [0.717, 1.165) is 30.8 Å². The quantitative estimate of drug-likeness (QED) is 0.792. The number of nitrogens with zero attached hydrogens (tertiary/aromatic N) is 3. The van der Waals surface area contributed by atoms with Crippen LogP contribution in [-0.2, 0) is 14.8 Å². The van der Waals surface area contributed by atoms with Gasteiger partial charge in [0.15, 0.2) is 0 Å². The van der Waals surface area contributed by atoms with Crippen molar-refractivity contribution in [3.8, 4) is 0 Å². The first-order valence-corrected chi connectivity index (χ1v) is 11.3. The number of piperazine rings is 1. The third-order valence-corrected chi connectivity index (χ3v) is 8.33. The minimum atomic E-state index is -3.39. The Bertz CT molecular complexity index is 686. The van der Waals surface area contributed by atoms with Crippen LogP contribution in [0, 0.1) is 6.92 Å². The van der Waals surface area contributed by atoms with Crippen LogP contribution >= 0.6 is 11.3 Å². The number of likely N-dealkylation sites (tertiary alicyclic amines) is 1. The van der Waals surface area contributed by atoms with Gasteiger partial charge in [0.1, 0.15) is 4.21 Å². The van der Waals surface area contributed by atoms with Gasteiger partial charge in [0.25, 0.3) is 10.0 Å². The first-order chi connectivity index (χ1) is 12.0. The van der Waals surface area contributed by atoms with Crippen molar-refractivity contribution in [2.45, 2.75) is 36.8 Å². The van der Waals surface area contributed by atoms with Gasteiger partial charge in [-0.2, -0.15) is 4.31 Å². The fourth-order valence-corrected chi connectivity index (χ4v) is 6.28. The molecular formula is C17H27N3O3S2. The molecular weight excluding hydrogens is 358 g/mol. The Morgan fingerprint density at radius 3 is 2.20 bits per heavy atom. The molecule has 2 aliphatic heterocycles. The van der Waals surface area contributed by atoms with Gasteiger partial charge in [-0.15, -0.1) is 11.3 Å². The summed E-state index contributed by atoms with van der Waals surface area (Å²) in [7, 11) is -3.39. The lowest BCUT2D eigenvalue weighted by molar-refractivity contribution is -0.132. The lowest BCUT2D eigenvalue weighted by atomic mass is 10.2. The Morgan fingerprint density at radius 2 is 1.64 bits per heavy atom. The average molecular weight is 386 g/mol. The number of rotatable bonds is 4. The van der Waals surface area contributed by atoms with E-state index in [1.807, 2.05) is 17.9 Å². The first-order valence-electron chi connectivity index (χ1n) is 9.03. The molecule has 0 atom stereocenters. The van der Waals surface area contributed by atoms with E-state index < -0.39 is 10.0 Å². The van der Waals surface area contributed by atoms with Crippen LogP contribution in [0.5, 0.6) is 0 Å². The normalized spacial score (nSPS) is 21.2. The van der Waals surface area contributed by atoms with Gasteiger partial charge in [-0.3, -0.25) is 9.69 Å². The molecule has 0 spiro atoms. The molecule has 0 aromatic carbocycles. The second kappa shape index (κ2) is 8.16. The van der Waals surface area contributed by atoms with Crippen molar-refractivity contribution >= 4 is 27.3 Å². The Labute approximate surface area is 154 Å². The summed E-state index contributed by atoms with van der Waals surface area (Å²) in [6.07, 6.45) is 4.61. The largest absolute Gasteiger partial charge is 0.342 e. The van der Waals surface area contributed by atoms with Crippen LogP contribution in [0.2, 0.25) is 0 Å². The summed E-state index contributed by atoms with van der Waals surface area (Å²) in [5.74, 6) is 0.187. The van der Waals surface area contributed by atoms with E-state index in [4.69, 9.17) is 0 Å². The summed E-state index contributed by atoms with van der Waals surface area (Å²) in [4.78, 5) is 17.5. The number of carbonyl (C=O) groups excluding carboxylic acids is 1. The highest BCUT2D eigenvalue weighted by Crippen LogP contribution is 2.25. The monoisotopic (exact) mass is 385 g/mol. The van der Waals surface area contributed by atoms with Crippen LogP contribution in [0.15, 0.2) is 16.3 Å². The number of hydrogen-bond donors (Lipinski definition) is 0. The van der Waals surface area contributed by atoms with Gasteiger partial charge in [-0.05, 0) is 31.9 Å². The van der Waals surface area contributed by atoms with E-state index in [9.17, 15) is 13.2 Å². The van der Waals surface area contributed by atoms with Gasteiger partial charge >= 0.3 is 0 Å². The average Bonchev–Trinajstić information content (AvgIpc) is 2.86. The van der Waals surface area contributed by atoms with Crippen molar-refractivity contribution in [1.29, 1.82) is 0 Å². The smallest absolute Gasteiger partial charge is 0.252 e. The summed E-state index contributed by atoms with van der Waals surface area (Å²) in [6, 6.07) is 3.53. The van der Waals surface area contributed by atoms with E-state index in [1.165, 1.54) is 24.2 Å². The molecule has 25 heavy (non-hydrogen) atoms. The molecule has 2 saturated heterocycles. The fourth-order valence-electron chi connectivity index (χ4n) is 3.42. The predicted molar refractivity (Wildman–Crippen MR) is 99.3 cm³/mol. The minimum Gasteiger partial charge on any atom is -0.342 e. The third kappa shape index (κ3) is 4.61. The maximum Gasteiger partial charge on any atom is 0.252 e. The summed E-state index contributed by atoms with van der Waals surface area (Å²) in [5, 5.41) is 0. The van der Waals surface area contributed by atoms with Gasteiger partial charge in [0.2, 0.25) is 5.91 Å². The van der Waals surface area contributed by atoms with Crippen molar-refractivity contribution in [3.05, 3.63) is 17.0 Å². The summed E-state index contributed by atoms with van der Waals surface area (Å²) in [5.41, 5.74) is 0. The van der Waals surface area contributed by atoms with Crippen LogP contribution in [0.4, 0.5) is 0 Å². The zero-order chi connectivity index (χ0) is 17.9. The maximum atomic E-state index is 12.7. The molecule has 2 aliphatic rings. The fraction of sp³-hybridized carbons (Fsp3) is 0.706. The summed E-state index contributed by atoms with van der Waals surface area (Å²) in [6.45, 7) is 6.18. The Kier molecular flexibility index (Phi) is 6.14. The van der Waals surface area contributed by atoms with Crippen molar-refractivity contribution in [3.63, 3.8) is 0 Å². The number of thiophene rings is 1. The van der Waals surface area contributed by atoms with Crippen molar-refractivity contribution in [2.24, 2.45) is 0 Å². The zero-order valence-electron chi connectivity index (χ0n) is 14.8. The third-order valence-electron chi connectivity index (χ3n) is 4.96. The Morgan fingerprint density at radius 1 is 1.00 bits per heavy atom.